The molecule has 0 spiro atoms. The van der Waals surface area contributed by atoms with Crippen LogP contribution in [0.2, 0.25) is 0 Å². The van der Waals surface area contributed by atoms with Crippen molar-refractivity contribution in [3.63, 3.8) is 0 Å². The molecule has 0 saturated carbocycles. The number of rotatable bonds is 6. The van der Waals surface area contributed by atoms with Gasteiger partial charge in [-0.05, 0) is 12.8 Å². The molecule has 0 bridgehead atoms. The molecule has 0 aliphatic heterocycles. The highest BCUT2D eigenvalue weighted by Crippen LogP contribution is 2.06. The third-order valence-corrected chi connectivity index (χ3v) is 1.93. The molecule has 0 aliphatic carbocycles. The Labute approximate surface area is 83.9 Å². The lowest BCUT2D eigenvalue weighted by Crippen LogP contribution is -2.38. The fraction of sp³-hybridized carbons (Fsp3) is 0.778. The van der Waals surface area contributed by atoms with Crippen LogP contribution in [0.15, 0.2) is 0 Å². The summed E-state index contributed by atoms with van der Waals surface area (Å²) in [6, 6.07) is -0.240. The summed E-state index contributed by atoms with van der Waals surface area (Å²) in [7, 11) is 0. The summed E-state index contributed by atoms with van der Waals surface area (Å²) < 4.78 is 0. The van der Waals surface area contributed by atoms with Gasteiger partial charge in [0.25, 0.3) is 0 Å². The summed E-state index contributed by atoms with van der Waals surface area (Å²) in [5.41, 5.74) is 0. The van der Waals surface area contributed by atoms with Crippen molar-refractivity contribution in [2.75, 3.05) is 13.1 Å². The number of carbonyl (C=O) groups excluding carboxylic acids is 1. The van der Waals surface area contributed by atoms with Crippen LogP contribution >= 0.6 is 0 Å². The molecule has 0 aromatic rings. The Morgan fingerprint density at radius 1 is 1.29 bits per heavy atom. The summed E-state index contributed by atoms with van der Waals surface area (Å²) in [6.07, 6.45) is 0.849. The molecule has 5 heteroatoms. The first-order valence-corrected chi connectivity index (χ1v) is 4.83. The number of carbonyl (C=O) groups is 2. The van der Waals surface area contributed by atoms with E-state index in [9.17, 15) is 9.59 Å². The average molecular weight is 202 g/mol. The Bertz CT molecular complexity index is 194. The molecule has 1 unspecified atom stereocenters. The van der Waals surface area contributed by atoms with E-state index in [-0.39, 0.29) is 18.4 Å². The number of carboxylic acids is 1. The van der Waals surface area contributed by atoms with E-state index < -0.39 is 5.97 Å². The van der Waals surface area contributed by atoms with Crippen LogP contribution in [0.3, 0.4) is 0 Å². The molecular formula is C9H18N2O3. The minimum atomic E-state index is -0.824. The van der Waals surface area contributed by atoms with Gasteiger partial charge in [-0.25, -0.2) is 4.79 Å². The predicted molar refractivity (Wildman–Crippen MR) is 53.1 cm³/mol. The molecule has 0 heterocycles. The highest BCUT2D eigenvalue weighted by Gasteiger charge is 2.11. The SMILES string of the molecule is CCNC(=O)NCC(CC)CC(=O)O. The van der Waals surface area contributed by atoms with Crippen LogP contribution in [-0.2, 0) is 4.79 Å². The van der Waals surface area contributed by atoms with Gasteiger partial charge >= 0.3 is 12.0 Å². The molecule has 5 nitrogen and oxygen atoms in total. The Hall–Kier alpha value is -1.26. The highest BCUT2D eigenvalue weighted by molar-refractivity contribution is 5.73. The maximum absolute atomic E-state index is 11.0. The van der Waals surface area contributed by atoms with Gasteiger partial charge in [0, 0.05) is 19.5 Å². The standard InChI is InChI=1S/C9H18N2O3/c1-3-7(5-8(12)13)6-11-9(14)10-4-2/h7H,3-6H2,1-2H3,(H,12,13)(H2,10,11,14). The van der Waals surface area contributed by atoms with Gasteiger partial charge in [-0.2, -0.15) is 0 Å². The van der Waals surface area contributed by atoms with Gasteiger partial charge in [-0.15, -0.1) is 0 Å². The largest absolute Gasteiger partial charge is 0.481 e. The lowest BCUT2D eigenvalue weighted by atomic mass is 10.0. The molecule has 0 aliphatic rings. The minimum absolute atomic E-state index is 0.00936. The molecule has 0 aromatic heterocycles. The van der Waals surface area contributed by atoms with Gasteiger partial charge in [-0.3, -0.25) is 4.79 Å². The Morgan fingerprint density at radius 3 is 2.36 bits per heavy atom. The van der Waals surface area contributed by atoms with E-state index in [0.29, 0.717) is 13.1 Å². The van der Waals surface area contributed by atoms with E-state index in [0.717, 1.165) is 6.42 Å². The molecule has 1 atom stereocenters. The van der Waals surface area contributed by atoms with Gasteiger partial charge in [0.1, 0.15) is 0 Å². The van der Waals surface area contributed by atoms with Crippen LogP contribution in [0.4, 0.5) is 4.79 Å². The molecule has 2 amide bonds. The minimum Gasteiger partial charge on any atom is -0.481 e. The molecule has 0 aromatic carbocycles. The Balaban J connectivity index is 3.71. The van der Waals surface area contributed by atoms with Crippen molar-refractivity contribution in [1.29, 1.82) is 0 Å². The Morgan fingerprint density at radius 2 is 1.93 bits per heavy atom. The van der Waals surface area contributed by atoms with Gasteiger partial charge in [0.15, 0.2) is 0 Å². The van der Waals surface area contributed by atoms with Gasteiger partial charge in [-0.1, -0.05) is 13.3 Å². The fourth-order valence-corrected chi connectivity index (χ4v) is 1.07. The first kappa shape index (κ1) is 12.7. The highest BCUT2D eigenvalue weighted by atomic mass is 16.4. The van der Waals surface area contributed by atoms with Crippen molar-refractivity contribution in [3.8, 4) is 0 Å². The number of carboxylic acid groups (broad SMARTS) is 1. The lowest BCUT2D eigenvalue weighted by molar-refractivity contribution is -0.138. The van der Waals surface area contributed by atoms with E-state index in [4.69, 9.17) is 5.11 Å². The maximum Gasteiger partial charge on any atom is 0.314 e. The number of amides is 2. The smallest absolute Gasteiger partial charge is 0.314 e. The molecule has 0 radical (unpaired) electrons. The molecular weight excluding hydrogens is 184 g/mol. The first-order valence-electron chi connectivity index (χ1n) is 4.83. The summed E-state index contributed by atoms with van der Waals surface area (Å²) in [6.45, 7) is 4.72. The third-order valence-electron chi connectivity index (χ3n) is 1.93. The quantitative estimate of drug-likeness (QED) is 0.596. The zero-order valence-corrected chi connectivity index (χ0v) is 8.67. The lowest BCUT2D eigenvalue weighted by Gasteiger charge is -2.13. The second-order valence-electron chi connectivity index (χ2n) is 3.11. The van der Waals surface area contributed by atoms with E-state index in [1.54, 1.807) is 0 Å². The number of hydrogen-bond acceptors (Lipinski definition) is 2. The normalized spacial score (nSPS) is 11.9. The van der Waals surface area contributed by atoms with E-state index in [1.165, 1.54) is 0 Å². The number of urea groups is 1. The Kier molecular flexibility index (Phi) is 6.53. The number of hydrogen-bond donors (Lipinski definition) is 3. The van der Waals surface area contributed by atoms with Gasteiger partial charge < -0.3 is 15.7 Å². The van der Waals surface area contributed by atoms with E-state index >= 15 is 0 Å². The van der Waals surface area contributed by atoms with Crippen molar-refractivity contribution < 1.29 is 14.7 Å². The number of aliphatic carboxylic acids is 1. The molecule has 14 heavy (non-hydrogen) atoms. The van der Waals surface area contributed by atoms with Crippen molar-refractivity contribution in [3.05, 3.63) is 0 Å². The van der Waals surface area contributed by atoms with Gasteiger partial charge in [0.2, 0.25) is 0 Å². The van der Waals surface area contributed by atoms with E-state index in [1.807, 2.05) is 13.8 Å². The van der Waals surface area contributed by atoms with Crippen LogP contribution < -0.4 is 10.6 Å². The second kappa shape index (κ2) is 7.17. The second-order valence-corrected chi connectivity index (χ2v) is 3.11. The summed E-state index contributed by atoms with van der Waals surface area (Å²) in [5.74, 6) is -0.815. The summed E-state index contributed by atoms with van der Waals surface area (Å²) >= 11 is 0. The maximum atomic E-state index is 11.0. The zero-order valence-electron chi connectivity index (χ0n) is 8.67. The van der Waals surface area contributed by atoms with Crippen LogP contribution in [-0.4, -0.2) is 30.2 Å². The average Bonchev–Trinajstić information content (AvgIpc) is 2.12. The van der Waals surface area contributed by atoms with Gasteiger partial charge in [0.05, 0.1) is 0 Å². The van der Waals surface area contributed by atoms with Crippen LogP contribution in [0.25, 0.3) is 0 Å². The first-order chi connectivity index (χ1) is 6.60. The van der Waals surface area contributed by atoms with Crippen LogP contribution in [0, 0.1) is 5.92 Å². The summed E-state index contributed by atoms with van der Waals surface area (Å²) in [5, 5.41) is 13.8. The third kappa shape index (κ3) is 6.28. The molecule has 0 saturated heterocycles. The van der Waals surface area contributed by atoms with Crippen LogP contribution in [0.1, 0.15) is 26.7 Å². The van der Waals surface area contributed by atoms with Crippen LogP contribution in [0.5, 0.6) is 0 Å². The fourth-order valence-electron chi connectivity index (χ4n) is 1.07. The monoisotopic (exact) mass is 202 g/mol. The zero-order chi connectivity index (χ0) is 11.0. The summed E-state index contributed by atoms with van der Waals surface area (Å²) in [4.78, 5) is 21.4. The molecule has 82 valence electrons. The van der Waals surface area contributed by atoms with Crippen molar-refractivity contribution in [1.82, 2.24) is 10.6 Å². The van der Waals surface area contributed by atoms with Crippen molar-refractivity contribution in [2.45, 2.75) is 26.7 Å². The molecule has 3 N–H and O–H groups in total. The predicted octanol–water partition coefficient (Wildman–Crippen LogP) is 0.806. The van der Waals surface area contributed by atoms with Crippen molar-refractivity contribution >= 4 is 12.0 Å². The topological polar surface area (TPSA) is 78.4 Å². The molecule has 0 rings (SSSR count). The number of nitrogens with one attached hydrogen (secondary N) is 2. The molecule has 0 fully saturated rings. The van der Waals surface area contributed by atoms with Crippen molar-refractivity contribution in [2.24, 2.45) is 5.92 Å². The van der Waals surface area contributed by atoms with E-state index in [2.05, 4.69) is 10.6 Å².